The van der Waals surface area contributed by atoms with Gasteiger partial charge in [0.1, 0.15) is 0 Å². The van der Waals surface area contributed by atoms with Gasteiger partial charge in [0.15, 0.2) is 0 Å². The quantitative estimate of drug-likeness (QED) is 0.451. The van der Waals surface area contributed by atoms with Crippen molar-refractivity contribution in [2.75, 3.05) is 19.7 Å². The molecule has 3 nitrogen and oxygen atoms in total. The van der Waals surface area contributed by atoms with Crippen molar-refractivity contribution in [3.63, 3.8) is 0 Å². The van der Waals surface area contributed by atoms with Gasteiger partial charge < -0.3 is 15.5 Å². The molecule has 98 valence electrons. The standard InChI is InChI=1S/C13H29NO2/c1-2-3-4-5-6-7-8-9-10-14-11-13(16)12-15/h13-16H,2-12H2,1H3/t13-/m0/s1. The second-order valence-corrected chi connectivity index (χ2v) is 4.52. The monoisotopic (exact) mass is 231 g/mol. The maximum absolute atomic E-state index is 9.07. The zero-order valence-electron chi connectivity index (χ0n) is 10.7. The molecule has 1 atom stereocenters. The third kappa shape index (κ3) is 12.0. The number of rotatable bonds is 12. The van der Waals surface area contributed by atoms with Gasteiger partial charge in [-0.3, -0.25) is 0 Å². The van der Waals surface area contributed by atoms with Crippen LogP contribution < -0.4 is 5.32 Å². The molecule has 16 heavy (non-hydrogen) atoms. The van der Waals surface area contributed by atoms with Gasteiger partial charge in [0.2, 0.25) is 0 Å². The molecule has 0 rings (SSSR count). The largest absolute Gasteiger partial charge is 0.394 e. The van der Waals surface area contributed by atoms with Gasteiger partial charge in [-0.2, -0.15) is 0 Å². The smallest absolute Gasteiger partial charge is 0.0894 e. The molecule has 0 saturated heterocycles. The van der Waals surface area contributed by atoms with Crippen LogP contribution in [0.4, 0.5) is 0 Å². The lowest BCUT2D eigenvalue weighted by Crippen LogP contribution is -2.29. The van der Waals surface area contributed by atoms with E-state index in [0.29, 0.717) is 6.54 Å². The fourth-order valence-corrected chi connectivity index (χ4v) is 1.72. The van der Waals surface area contributed by atoms with Crippen LogP contribution in [0.1, 0.15) is 58.3 Å². The van der Waals surface area contributed by atoms with E-state index in [9.17, 15) is 0 Å². The van der Waals surface area contributed by atoms with Crippen LogP contribution in [0.5, 0.6) is 0 Å². The third-order valence-electron chi connectivity index (χ3n) is 2.80. The van der Waals surface area contributed by atoms with E-state index in [2.05, 4.69) is 12.2 Å². The molecule has 0 bridgehead atoms. The summed E-state index contributed by atoms with van der Waals surface area (Å²) in [6.45, 7) is 3.55. The topological polar surface area (TPSA) is 52.5 Å². The molecule has 0 amide bonds. The van der Waals surface area contributed by atoms with Gasteiger partial charge in [-0.1, -0.05) is 51.9 Å². The minimum Gasteiger partial charge on any atom is -0.394 e. The zero-order chi connectivity index (χ0) is 12.1. The molecule has 0 aliphatic carbocycles. The summed E-state index contributed by atoms with van der Waals surface area (Å²) in [5, 5.41) is 20.8. The van der Waals surface area contributed by atoms with E-state index in [-0.39, 0.29) is 6.61 Å². The summed E-state index contributed by atoms with van der Waals surface area (Å²) < 4.78 is 0. The van der Waals surface area contributed by atoms with E-state index >= 15 is 0 Å². The Morgan fingerprint density at radius 1 is 0.938 bits per heavy atom. The molecule has 0 aliphatic rings. The molecule has 0 saturated carbocycles. The van der Waals surface area contributed by atoms with Crippen LogP contribution in [0.15, 0.2) is 0 Å². The summed E-state index contributed by atoms with van der Waals surface area (Å²) in [6.07, 6.45) is 9.99. The van der Waals surface area contributed by atoms with Crippen molar-refractivity contribution in [2.45, 2.75) is 64.4 Å². The summed E-state index contributed by atoms with van der Waals surface area (Å²) in [5.41, 5.74) is 0. The lowest BCUT2D eigenvalue weighted by Gasteiger charge is -2.08. The Morgan fingerprint density at radius 3 is 2.06 bits per heavy atom. The van der Waals surface area contributed by atoms with Gasteiger partial charge in [-0.05, 0) is 13.0 Å². The average molecular weight is 231 g/mol. The molecule has 3 heteroatoms. The first-order chi connectivity index (χ1) is 7.81. The van der Waals surface area contributed by atoms with Crippen LogP contribution in [0, 0.1) is 0 Å². The highest BCUT2D eigenvalue weighted by atomic mass is 16.3. The zero-order valence-corrected chi connectivity index (χ0v) is 10.7. The number of nitrogens with one attached hydrogen (secondary N) is 1. The Bertz CT molecular complexity index is 131. The average Bonchev–Trinajstić information content (AvgIpc) is 2.31. The lowest BCUT2D eigenvalue weighted by molar-refractivity contribution is 0.0945. The first kappa shape index (κ1) is 15.9. The van der Waals surface area contributed by atoms with Crippen LogP contribution in [-0.2, 0) is 0 Å². The highest BCUT2D eigenvalue weighted by Crippen LogP contribution is 2.07. The van der Waals surface area contributed by atoms with Gasteiger partial charge in [0.05, 0.1) is 12.7 Å². The summed E-state index contributed by atoms with van der Waals surface area (Å²) in [4.78, 5) is 0. The highest BCUT2D eigenvalue weighted by Gasteiger charge is 1.99. The second kappa shape index (κ2) is 12.9. The van der Waals surface area contributed by atoms with Crippen LogP contribution in [0.25, 0.3) is 0 Å². The predicted molar refractivity (Wildman–Crippen MR) is 68.6 cm³/mol. The van der Waals surface area contributed by atoms with Crippen molar-refractivity contribution in [3.05, 3.63) is 0 Å². The summed E-state index contributed by atoms with van der Waals surface area (Å²) >= 11 is 0. The van der Waals surface area contributed by atoms with Gasteiger partial charge >= 0.3 is 0 Å². The fourth-order valence-electron chi connectivity index (χ4n) is 1.72. The fraction of sp³-hybridized carbons (Fsp3) is 1.00. The summed E-state index contributed by atoms with van der Waals surface area (Å²) in [5.74, 6) is 0. The molecule has 0 aromatic carbocycles. The first-order valence-corrected chi connectivity index (χ1v) is 6.81. The number of hydrogen-bond acceptors (Lipinski definition) is 3. The van der Waals surface area contributed by atoms with Crippen LogP contribution in [0.3, 0.4) is 0 Å². The van der Waals surface area contributed by atoms with Gasteiger partial charge in [-0.25, -0.2) is 0 Å². The number of unbranched alkanes of at least 4 members (excludes halogenated alkanes) is 7. The van der Waals surface area contributed by atoms with Crippen molar-refractivity contribution >= 4 is 0 Å². The second-order valence-electron chi connectivity index (χ2n) is 4.52. The van der Waals surface area contributed by atoms with E-state index in [1.807, 2.05) is 0 Å². The third-order valence-corrected chi connectivity index (χ3v) is 2.80. The van der Waals surface area contributed by atoms with Gasteiger partial charge in [-0.15, -0.1) is 0 Å². The predicted octanol–water partition coefficient (Wildman–Crippen LogP) is 2.07. The molecule has 3 N–H and O–H groups in total. The Labute approximate surface area is 100 Å². The molecular weight excluding hydrogens is 202 g/mol. The summed E-state index contributed by atoms with van der Waals surface area (Å²) in [7, 11) is 0. The molecule has 0 aromatic rings. The Balaban J connectivity index is 2.93. The van der Waals surface area contributed by atoms with Crippen molar-refractivity contribution < 1.29 is 10.2 Å². The van der Waals surface area contributed by atoms with Crippen LogP contribution >= 0.6 is 0 Å². The van der Waals surface area contributed by atoms with Crippen molar-refractivity contribution in [3.8, 4) is 0 Å². The minimum atomic E-state index is -0.603. The summed E-state index contributed by atoms with van der Waals surface area (Å²) in [6, 6.07) is 0. The van der Waals surface area contributed by atoms with Crippen LogP contribution in [0.2, 0.25) is 0 Å². The Kier molecular flexibility index (Phi) is 12.9. The number of hydrogen-bond donors (Lipinski definition) is 3. The van der Waals surface area contributed by atoms with E-state index in [0.717, 1.165) is 6.54 Å². The van der Waals surface area contributed by atoms with Crippen molar-refractivity contribution in [1.82, 2.24) is 5.32 Å². The highest BCUT2D eigenvalue weighted by molar-refractivity contribution is 4.57. The lowest BCUT2D eigenvalue weighted by atomic mass is 10.1. The molecule has 0 aliphatic heterocycles. The molecule has 0 heterocycles. The van der Waals surface area contributed by atoms with Crippen molar-refractivity contribution in [1.29, 1.82) is 0 Å². The molecular formula is C13H29NO2. The van der Waals surface area contributed by atoms with Crippen molar-refractivity contribution in [2.24, 2.45) is 0 Å². The number of aliphatic hydroxyl groups excluding tert-OH is 2. The first-order valence-electron chi connectivity index (χ1n) is 6.81. The number of aliphatic hydroxyl groups is 2. The maximum atomic E-state index is 9.07. The molecule has 0 spiro atoms. The van der Waals surface area contributed by atoms with E-state index in [4.69, 9.17) is 10.2 Å². The van der Waals surface area contributed by atoms with Gasteiger partial charge in [0.25, 0.3) is 0 Å². The van der Waals surface area contributed by atoms with E-state index < -0.39 is 6.10 Å². The van der Waals surface area contributed by atoms with E-state index in [1.54, 1.807) is 0 Å². The molecule has 0 unspecified atom stereocenters. The normalized spacial score (nSPS) is 12.9. The Hall–Kier alpha value is -0.120. The SMILES string of the molecule is CCCCCCCCCCNC[C@H](O)CO. The van der Waals surface area contributed by atoms with Crippen LogP contribution in [-0.4, -0.2) is 36.0 Å². The Morgan fingerprint density at radius 2 is 1.50 bits per heavy atom. The molecule has 0 radical (unpaired) electrons. The maximum Gasteiger partial charge on any atom is 0.0894 e. The minimum absolute atomic E-state index is 0.148. The van der Waals surface area contributed by atoms with Gasteiger partial charge in [0, 0.05) is 6.54 Å². The molecule has 0 aromatic heterocycles. The van der Waals surface area contributed by atoms with E-state index in [1.165, 1.54) is 51.4 Å². The molecule has 0 fully saturated rings.